The van der Waals surface area contributed by atoms with E-state index in [1.165, 1.54) is 32.3 Å². The van der Waals surface area contributed by atoms with Crippen LogP contribution in [0.1, 0.15) is 47.8 Å². The predicted molar refractivity (Wildman–Crippen MR) is 174 cm³/mol. The Morgan fingerprint density at radius 3 is 1.90 bits per heavy atom. The molecule has 0 saturated heterocycles. The average molecular weight is 641 g/mol. The van der Waals surface area contributed by atoms with Gasteiger partial charge in [0.05, 0.1) is 0 Å². The molecule has 0 bridgehead atoms. The summed E-state index contributed by atoms with van der Waals surface area (Å²) in [6.45, 7) is 15.7. The van der Waals surface area contributed by atoms with Gasteiger partial charge in [0.1, 0.15) is 0 Å². The molecule has 4 rings (SSSR count). The Morgan fingerprint density at radius 1 is 0.795 bits per heavy atom. The SMILES string of the molecule is Cc1ccc(-c2ccc(C(Cc3c(Cl)cccc3Cl)[Se]c3ccc(O[Si](C)(C)C(C)(C)C)c(C)c3)cc2)cc1. The van der Waals surface area contributed by atoms with Gasteiger partial charge in [0, 0.05) is 0 Å². The standard InChI is InChI=1S/C34H38Cl2OSeSi/c1-23-11-13-25(14-12-23)26-15-17-27(18-16-26)33(22-29-30(35)9-8-10-31(29)36)38-28-19-20-32(24(2)21-28)37-39(6,7)34(3,4)5/h8-21,33H,22H2,1-7H3. The molecule has 0 aromatic heterocycles. The van der Waals surface area contributed by atoms with E-state index in [0.29, 0.717) is 0 Å². The summed E-state index contributed by atoms with van der Waals surface area (Å²) in [6.07, 6.45) is 0.795. The second-order valence-electron chi connectivity index (χ2n) is 11.8. The molecule has 0 radical (unpaired) electrons. The van der Waals surface area contributed by atoms with E-state index in [1.54, 1.807) is 0 Å². The molecule has 0 saturated carbocycles. The Kier molecular flexibility index (Phi) is 9.41. The fourth-order valence-corrected chi connectivity index (χ4v) is 8.47. The van der Waals surface area contributed by atoms with Crippen molar-refractivity contribution in [3.63, 3.8) is 0 Å². The van der Waals surface area contributed by atoms with Crippen LogP contribution < -0.4 is 8.89 Å². The van der Waals surface area contributed by atoms with Crippen molar-refractivity contribution in [2.24, 2.45) is 0 Å². The first kappa shape index (κ1) is 30.0. The van der Waals surface area contributed by atoms with E-state index >= 15 is 0 Å². The van der Waals surface area contributed by atoms with Gasteiger partial charge in [-0.1, -0.05) is 0 Å². The summed E-state index contributed by atoms with van der Waals surface area (Å²) in [5.41, 5.74) is 7.25. The zero-order valence-corrected chi connectivity index (χ0v) is 28.2. The van der Waals surface area contributed by atoms with E-state index < -0.39 is 8.32 Å². The van der Waals surface area contributed by atoms with Crippen molar-refractivity contribution in [3.8, 4) is 16.9 Å². The Labute approximate surface area is 252 Å². The van der Waals surface area contributed by atoms with Crippen molar-refractivity contribution in [1.29, 1.82) is 0 Å². The van der Waals surface area contributed by atoms with Crippen LogP contribution in [0, 0.1) is 13.8 Å². The van der Waals surface area contributed by atoms with Crippen molar-refractivity contribution in [1.82, 2.24) is 0 Å². The summed E-state index contributed by atoms with van der Waals surface area (Å²) in [6, 6.07) is 30.2. The molecular weight excluding hydrogens is 602 g/mol. The second-order valence-corrected chi connectivity index (χ2v) is 20.0. The molecule has 0 aliphatic rings. The third-order valence-corrected chi connectivity index (χ3v) is 15.4. The molecule has 4 aromatic carbocycles. The quantitative estimate of drug-likeness (QED) is 0.174. The third-order valence-electron chi connectivity index (χ3n) is 7.71. The van der Waals surface area contributed by atoms with Gasteiger partial charge in [0.15, 0.2) is 0 Å². The summed E-state index contributed by atoms with van der Waals surface area (Å²) in [7, 11) is -1.90. The van der Waals surface area contributed by atoms with Gasteiger partial charge in [0.25, 0.3) is 0 Å². The van der Waals surface area contributed by atoms with Crippen LogP contribution in [-0.4, -0.2) is 23.3 Å². The first-order valence-electron chi connectivity index (χ1n) is 13.4. The topological polar surface area (TPSA) is 9.23 Å². The van der Waals surface area contributed by atoms with E-state index in [-0.39, 0.29) is 24.8 Å². The number of hydrogen-bond acceptors (Lipinski definition) is 1. The van der Waals surface area contributed by atoms with E-state index in [2.05, 4.69) is 114 Å². The number of benzene rings is 4. The number of halogens is 2. The molecule has 204 valence electrons. The molecule has 0 aliphatic carbocycles. The zero-order chi connectivity index (χ0) is 28.4. The summed E-state index contributed by atoms with van der Waals surface area (Å²) in [4.78, 5) is 0.286. The molecule has 1 atom stereocenters. The van der Waals surface area contributed by atoms with Crippen molar-refractivity contribution in [2.75, 3.05) is 0 Å². The van der Waals surface area contributed by atoms with Crippen LogP contribution >= 0.6 is 23.2 Å². The van der Waals surface area contributed by atoms with E-state index in [0.717, 1.165) is 27.8 Å². The monoisotopic (exact) mass is 640 g/mol. The van der Waals surface area contributed by atoms with Crippen LogP contribution in [0.2, 0.25) is 28.2 Å². The van der Waals surface area contributed by atoms with Gasteiger partial charge in [-0.05, 0) is 0 Å². The second kappa shape index (κ2) is 12.2. The minimum absolute atomic E-state index is 0.159. The maximum absolute atomic E-state index is 6.64. The van der Waals surface area contributed by atoms with Crippen LogP contribution in [-0.2, 0) is 6.42 Å². The van der Waals surface area contributed by atoms with Crippen LogP contribution in [0.3, 0.4) is 0 Å². The molecule has 0 N–H and O–H groups in total. The van der Waals surface area contributed by atoms with Gasteiger partial charge in [-0.25, -0.2) is 0 Å². The van der Waals surface area contributed by atoms with Gasteiger partial charge in [-0.15, -0.1) is 0 Å². The molecule has 0 fully saturated rings. The van der Waals surface area contributed by atoms with E-state index in [4.69, 9.17) is 27.6 Å². The van der Waals surface area contributed by atoms with Crippen molar-refractivity contribution >= 4 is 50.9 Å². The predicted octanol–water partition coefficient (Wildman–Crippen LogP) is 9.97. The number of aryl methyl sites for hydroxylation is 2. The third kappa shape index (κ3) is 7.40. The first-order valence-corrected chi connectivity index (χ1v) is 18.9. The molecule has 1 unspecified atom stereocenters. The van der Waals surface area contributed by atoms with Gasteiger partial charge < -0.3 is 0 Å². The molecule has 0 heterocycles. The fraction of sp³-hybridized carbons (Fsp3) is 0.294. The summed E-state index contributed by atoms with van der Waals surface area (Å²) in [5.74, 6) is 1.01. The van der Waals surface area contributed by atoms with E-state index in [9.17, 15) is 0 Å². The van der Waals surface area contributed by atoms with Gasteiger partial charge >= 0.3 is 253 Å². The normalized spacial score (nSPS) is 12.8. The van der Waals surface area contributed by atoms with Crippen LogP contribution in [0.5, 0.6) is 5.75 Å². The van der Waals surface area contributed by atoms with Crippen LogP contribution in [0.25, 0.3) is 11.1 Å². The zero-order valence-electron chi connectivity index (χ0n) is 23.9. The molecule has 0 spiro atoms. The Hall–Kier alpha value is -2.00. The molecule has 0 amide bonds. The average Bonchev–Trinajstić information content (AvgIpc) is 2.87. The summed E-state index contributed by atoms with van der Waals surface area (Å²) in [5, 5.41) is 1.62. The summed E-state index contributed by atoms with van der Waals surface area (Å²) >= 11 is 13.4. The number of hydrogen-bond donors (Lipinski definition) is 0. The molecule has 1 nitrogen and oxygen atoms in total. The molecule has 39 heavy (non-hydrogen) atoms. The Bertz CT molecular complexity index is 1400. The molecule has 4 aromatic rings. The molecular formula is C34H38Cl2OSeSi. The van der Waals surface area contributed by atoms with Gasteiger partial charge in [0.2, 0.25) is 0 Å². The maximum atomic E-state index is 6.64. The van der Waals surface area contributed by atoms with Crippen LogP contribution in [0.15, 0.2) is 84.9 Å². The molecule has 0 aliphatic heterocycles. The van der Waals surface area contributed by atoms with Crippen LogP contribution in [0.4, 0.5) is 0 Å². The first-order chi connectivity index (χ1) is 18.3. The Balaban J connectivity index is 1.64. The number of rotatable bonds is 8. The fourth-order valence-electron chi connectivity index (χ4n) is 4.18. The van der Waals surface area contributed by atoms with Gasteiger partial charge in [-0.3, -0.25) is 0 Å². The van der Waals surface area contributed by atoms with Crippen molar-refractivity contribution in [3.05, 3.63) is 117 Å². The summed E-state index contributed by atoms with van der Waals surface area (Å²) < 4.78 is 7.99. The van der Waals surface area contributed by atoms with E-state index in [1.807, 2.05) is 18.2 Å². The van der Waals surface area contributed by atoms with Crippen molar-refractivity contribution in [2.45, 2.75) is 64.0 Å². The minimum atomic E-state index is -1.90. The van der Waals surface area contributed by atoms with Crippen molar-refractivity contribution < 1.29 is 4.43 Å². The Morgan fingerprint density at radius 2 is 1.36 bits per heavy atom. The molecule has 5 heteroatoms. The van der Waals surface area contributed by atoms with Gasteiger partial charge in [-0.2, -0.15) is 0 Å².